The topological polar surface area (TPSA) is 84.2 Å². The summed E-state index contributed by atoms with van der Waals surface area (Å²) in [6, 6.07) is 17.1. The van der Waals surface area contributed by atoms with E-state index in [9.17, 15) is 14.7 Å². The van der Waals surface area contributed by atoms with Crippen LogP contribution in [0.15, 0.2) is 73.1 Å². The van der Waals surface area contributed by atoms with Crippen molar-refractivity contribution in [3.8, 4) is 5.69 Å². The summed E-state index contributed by atoms with van der Waals surface area (Å²) in [7, 11) is 0. The number of para-hydroxylation sites is 1. The van der Waals surface area contributed by atoms with Gasteiger partial charge in [0.1, 0.15) is 0 Å². The summed E-state index contributed by atoms with van der Waals surface area (Å²) in [5, 5.41) is 16.2. The maximum atomic E-state index is 12.2. The second-order valence-corrected chi connectivity index (χ2v) is 5.55. The Morgan fingerprint density at radius 3 is 2.32 bits per heavy atom. The minimum Gasteiger partial charge on any atom is -0.479 e. The van der Waals surface area contributed by atoms with Crippen molar-refractivity contribution in [2.75, 3.05) is 0 Å². The van der Waals surface area contributed by atoms with Crippen molar-refractivity contribution in [2.24, 2.45) is 0 Å². The number of carboxylic acids is 1. The van der Waals surface area contributed by atoms with Gasteiger partial charge in [-0.2, -0.15) is 5.10 Å². The van der Waals surface area contributed by atoms with Crippen LogP contribution >= 0.6 is 0 Å². The highest BCUT2D eigenvalue weighted by atomic mass is 16.4. The lowest BCUT2D eigenvalue weighted by Gasteiger charge is -2.14. The van der Waals surface area contributed by atoms with Gasteiger partial charge in [0.2, 0.25) is 5.91 Å². The number of amides is 1. The average Bonchev–Trinajstić information content (AvgIpc) is 3.09. The lowest BCUT2D eigenvalue weighted by atomic mass is 10.1. The third-order valence-electron chi connectivity index (χ3n) is 3.71. The standard InChI is InChI=1S/C19H17N3O3/c23-17(21-18(19(24)25)15-7-3-1-4-8-15)11-14-12-20-22(13-14)16-9-5-2-6-10-16/h1-10,12-13,18H,11H2,(H,21,23)(H,24,25)/t18-/m0/s1. The Morgan fingerprint density at radius 1 is 1.04 bits per heavy atom. The third-order valence-corrected chi connectivity index (χ3v) is 3.71. The van der Waals surface area contributed by atoms with E-state index in [1.165, 1.54) is 0 Å². The first-order valence-electron chi connectivity index (χ1n) is 7.79. The summed E-state index contributed by atoms with van der Waals surface area (Å²) in [4.78, 5) is 23.7. The lowest BCUT2D eigenvalue weighted by Crippen LogP contribution is -2.34. The number of benzene rings is 2. The summed E-state index contributed by atoms with van der Waals surface area (Å²) in [5.41, 5.74) is 2.13. The van der Waals surface area contributed by atoms with Crippen molar-refractivity contribution >= 4 is 11.9 Å². The fourth-order valence-electron chi connectivity index (χ4n) is 2.50. The molecule has 0 unspecified atom stereocenters. The fourth-order valence-corrected chi connectivity index (χ4v) is 2.50. The number of aromatic nitrogens is 2. The summed E-state index contributed by atoms with van der Waals surface area (Å²) in [5.74, 6) is -1.47. The van der Waals surface area contributed by atoms with Gasteiger partial charge in [0.15, 0.2) is 6.04 Å². The van der Waals surface area contributed by atoms with E-state index in [-0.39, 0.29) is 12.3 Å². The number of nitrogens with one attached hydrogen (secondary N) is 1. The molecule has 126 valence electrons. The van der Waals surface area contributed by atoms with E-state index in [1.807, 2.05) is 30.3 Å². The predicted octanol–water partition coefficient (Wildman–Crippen LogP) is 2.36. The van der Waals surface area contributed by atoms with Crippen LogP contribution in [-0.2, 0) is 16.0 Å². The molecule has 0 bridgehead atoms. The second kappa shape index (κ2) is 7.44. The zero-order chi connectivity index (χ0) is 17.6. The van der Waals surface area contributed by atoms with E-state index >= 15 is 0 Å². The largest absolute Gasteiger partial charge is 0.479 e. The molecule has 25 heavy (non-hydrogen) atoms. The fraction of sp³-hybridized carbons (Fsp3) is 0.105. The number of carbonyl (C=O) groups is 2. The van der Waals surface area contributed by atoms with Gasteiger partial charge < -0.3 is 10.4 Å². The van der Waals surface area contributed by atoms with E-state index in [0.29, 0.717) is 11.1 Å². The molecule has 0 saturated carbocycles. The number of hydrogen-bond donors (Lipinski definition) is 2. The molecule has 1 amide bonds. The van der Waals surface area contributed by atoms with Crippen molar-refractivity contribution < 1.29 is 14.7 Å². The molecule has 1 atom stereocenters. The van der Waals surface area contributed by atoms with Crippen molar-refractivity contribution in [2.45, 2.75) is 12.5 Å². The van der Waals surface area contributed by atoms with Gasteiger partial charge >= 0.3 is 5.97 Å². The van der Waals surface area contributed by atoms with Crippen molar-refractivity contribution in [3.05, 3.63) is 84.2 Å². The highest BCUT2D eigenvalue weighted by Gasteiger charge is 2.22. The molecule has 1 heterocycles. The molecular formula is C19H17N3O3. The van der Waals surface area contributed by atoms with E-state index in [2.05, 4.69) is 10.4 Å². The van der Waals surface area contributed by atoms with Crippen molar-refractivity contribution in [1.29, 1.82) is 0 Å². The van der Waals surface area contributed by atoms with Crippen LogP contribution in [0.5, 0.6) is 0 Å². The molecule has 0 aliphatic heterocycles. The number of nitrogens with zero attached hydrogens (tertiary/aromatic N) is 2. The molecule has 0 aliphatic rings. The van der Waals surface area contributed by atoms with Crippen LogP contribution in [0.2, 0.25) is 0 Å². The van der Waals surface area contributed by atoms with Gasteiger partial charge in [-0.05, 0) is 23.3 Å². The van der Waals surface area contributed by atoms with Gasteiger partial charge in [-0.1, -0.05) is 48.5 Å². The van der Waals surface area contributed by atoms with Crippen LogP contribution in [0.1, 0.15) is 17.2 Å². The van der Waals surface area contributed by atoms with Crippen LogP contribution in [-0.4, -0.2) is 26.8 Å². The third kappa shape index (κ3) is 4.11. The maximum absolute atomic E-state index is 12.2. The molecule has 2 aromatic carbocycles. The zero-order valence-electron chi connectivity index (χ0n) is 13.4. The monoisotopic (exact) mass is 335 g/mol. The second-order valence-electron chi connectivity index (χ2n) is 5.55. The number of hydrogen-bond acceptors (Lipinski definition) is 3. The predicted molar refractivity (Wildman–Crippen MR) is 92.2 cm³/mol. The van der Waals surface area contributed by atoms with Gasteiger partial charge in [-0.15, -0.1) is 0 Å². The summed E-state index contributed by atoms with van der Waals surface area (Å²) in [6.45, 7) is 0. The van der Waals surface area contributed by atoms with E-state index in [0.717, 1.165) is 5.69 Å². The highest BCUT2D eigenvalue weighted by Crippen LogP contribution is 2.13. The summed E-state index contributed by atoms with van der Waals surface area (Å²) >= 11 is 0. The van der Waals surface area contributed by atoms with Crippen LogP contribution in [0.25, 0.3) is 5.69 Å². The molecule has 2 N–H and O–H groups in total. The Kier molecular flexibility index (Phi) is 4.89. The molecule has 6 heteroatoms. The minimum atomic E-state index is -1.10. The molecular weight excluding hydrogens is 318 g/mol. The molecule has 1 aromatic heterocycles. The van der Waals surface area contributed by atoms with Crippen LogP contribution in [0.4, 0.5) is 0 Å². The number of aliphatic carboxylic acids is 1. The first-order chi connectivity index (χ1) is 12.1. The first-order valence-corrected chi connectivity index (χ1v) is 7.79. The van der Waals surface area contributed by atoms with Gasteiger partial charge in [-0.3, -0.25) is 4.79 Å². The lowest BCUT2D eigenvalue weighted by molar-refractivity contribution is -0.141. The zero-order valence-corrected chi connectivity index (χ0v) is 13.4. The van der Waals surface area contributed by atoms with Crippen LogP contribution in [0.3, 0.4) is 0 Å². The molecule has 0 aliphatic carbocycles. The molecule has 3 aromatic rings. The number of carbonyl (C=O) groups excluding carboxylic acids is 1. The molecule has 3 rings (SSSR count). The van der Waals surface area contributed by atoms with Crippen LogP contribution < -0.4 is 5.32 Å². The van der Waals surface area contributed by atoms with Gasteiger partial charge in [0.05, 0.1) is 18.3 Å². The average molecular weight is 335 g/mol. The summed E-state index contributed by atoms with van der Waals surface area (Å²) in [6.07, 6.45) is 3.42. The van der Waals surface area contributed by atoms with Crippen LogP contribution in [0, 0.1) is 0 Å². The molecule has 0 spiro atoms. The Bertz CT molecular complexity index is 860. The van der Waals surface area contributed by atoms with Gasteiger partial charge in [0.25, 0.3) is 0 Å². The van der Waals surface area contributed by atoms with Gasteiger partial charge in [0, 0.05) is 6.20 Å². The number of carboxylic acid groups (broad SMARTS) is 1. The van der Waals surface area contributed by atoms with Crippen molar-refractivity contribution in [1.82, 2.24) is 15.1 Å². The SMILES string of the molecule is O=C(Cc1cnn(-c2ccccc2)c1)N[C@H](C(=O)O)c1ccccc1. The quantitative estimate of drug-likeness (QED) is 0.724. The summed E-state index contributed by atoms with van der Waals surface area (Å²) < 4.78 is 1.68. The Hall–Kier alpha value is -3.41. The highest BCUT2D eigenvalue weighted by molar-refractivity contribution is 5.85. The maximum Gasteiger partial charge on any atom is 0.330 e. The molecule has 0 fully saturated rings. The Labute approximate surface area is 144 Å². The molecule has 6 nitrogen and oxygen atoms in total. The first kappa shape index (κ1) is 16.4. The Morgan fingerprint density at radius 2 is 1.68 bits per heavy atom. The number of rotatable bonds is 6. The van der Waals surface area contributed by atoms with Crippen molar-refractivity contribution in [3.63, 3.8) is 0 Å². The molecule has 0 radical (unpaired) electrons. The Balaban J connectivity index is 1.68. The van der Waals surface area contributed by atoms with E-state index in [4.69, 9.17) is 0 Å². The smallest absolute Gasteiger partial charge is 0.330 e. The molecule has 0 saturated heterocycles. The van der Waals surface area contributed by atoms with Gasteiger partial charge in [-0.25, -0.2) is 9.48 Å². The normalized spacial score (nSPS) is 11.7. The minimum absolute atomic E-state index is 0.0590. The van der Waals surface area contributed by atoms with E-state index in [1.54, 1.807) is 47.4 Å². The van der Waals surface area contributed by atoms with E-state index < -0.39 is 12.0 Å².